The lowest BCUT2D eigenvalue weighted by molar-refractivity contribution is 0.0597. The molecule has 1 amide bonds. The maximum absolute atomic E-state index is 13.5. The zero-order valence-electron chi connectivity index (χ0n) is 18.2. The zero-order chi connectivity index (χ0) is 22.7. The summed E-state index contributed by atoms with van der Waals surface area (Å²) in [6, 6.07) is 16.2. The summed E-state index contributed by atoms with van der Waals surface area (Å²) in [7, 11) is 3.74. The van der Waals surface area contributed by atoms with Crippen LogP contribution in [0.5, 0.6) is 0 Å². The number of hydrogen-bond acceptors (Lipinski definition) is 4. The molecule has 1 aromatic heterocycles. The molecule has 1 fully saturated rings. The number of benzene rings is 2. The summed E-state index contributed by atoms with van der Waals surface area (Å²) < 4.78 is 27.0. The van der Waals surface area contributed by atoms with E-state index < -0.39 is 0 Å². The average molecular weight is 437 g/mol. The topological polar surface area (TPSA) is 39.7 Å². The maximum Gasteiger partial charge on any atom is 0.257 e. The Morgan fingerprint density at radius 1 is 0.875 bits per heavy atom. The fourth-order valence-electron chi connectivity index (χ4n) is 4.18. The molecule has 5 nitrogen and oxygen atoms in total. The lowest BCUT2D eigenvalue weighted by Crippen LogP contribution is -2.50. The normalized spacial score (nSPS) is 14.6. The van der Waals surface area contributed by atoms with E-state index in [9.17, 15) is 13.6 Å². The fourth-order valence-corrected chi connectivity index (χ4v) is 4.18. The highest BCUT2D eigenvalue weighted by molar-refractivity contribution is 5.98. The number of carbonyl (C=O) groups excluding carboxylic acids is 1. The Labute approximate surface area is 186 Å². The smallest absolute Gasteiger partial charge is 0.257 e. The molecule has 0 saturated carbocycles. The Morgan fingerprint density at radius 3 is 1.91 bits per heavy atom. The van der Waals surface area contributed by atoms with Crippen molar-refractivity contribution in [3.8, 4) is 0 Å². The first-order chi connectivity index (χ1) is 15.4. The molecule has 32 heavy (non-hydrogen) atoms. The molecule has 0 bridgehead atoms. The molecular formula is C25H26F2N4O. The van der Waals surface area contributed by atoms with Crippen LogP contribution < -0.4 is 4.90 Å². The van der Waals surface area contributed by atoms with Crippen LogP contribution in [0.15, 0.2) is 66.9 Å². The van der Waals surface area contributed by atoms with Crippen LogP contribution in [0.3, 0.4) is 0 Å². The third kappa shape index (κ3) is 4.62. The quantitative estimate of drug-likeness (QED) is 0.607. The number of pyridine rings is 1. The van der Waals surface area contributed by atoms with Gasteiger partial charge in [-0.2, -0.15) is 0 Å². The second-order valence-corrected chi connectivity index (χ2v) is 8.10. The second-order valence-electron chi connectivity index (χ2n) is 8.10. The van der Waals surface area contributed by atoms with Crippen LogP contribution >= 0.6 is 0 Å². The minimum atomic E-state index is -0.296. The second kappa shape index (κ2) is 9.44. The number of hydrogen-bond donors (Lipinski definition) is 0. The van der Waals surface area contributed by atoms with Gasteiger partial charge in [0.25, 0.3) is 5.91 Å². The van der Waals surface area contributed by atoms with Crippen LogP contribution in [0.2, 0.25) is 0 Å². The molecule has 3 aromatic rings. The predicted octanol–water partition coefficient (Wildman–Crippen LogP) is 3.97. The molecule has 0 N–H and O–H groups in total. The van der Waals surface area contributed by atoms with E-state index >= 15 is 0 Å². The van der Waals surface area contributed by atoms with Crippen molar-refractivity contribution in [2.75, 3.05) is 45.2 Å². The van der Waals surface area contributed by atoms with E-state index in [0.717, 1.165) is 11.1 Å². The van der Waals surface area contributed by atoms with Crippen LogP contribution in [0, 0.1) is 11.6 Å². The van der Waals surface area contributed by atoms with Gasteiger partial charge in [-0.3, -0.25) is 9.69 Å². The number of nitrogens with zero attached hydrogens (tertiary/aromatic N) is 4. The van der Waals surface area contributed by atoms with Crippen molar-refractivity contribution in [1.29, 1.82) is 0 Å². The molecule has 0 atom stereocenters. The highest BCUT2D eigenvalue weighted by atomic mass is 19.1. The van der Waals surface area contributed by atoms with Crippen molar-refractivity contribution in [3.05, 3.63) is 95.2 Å². The fraction of sp³-hybridized carbons (Fsp3) is 0.280. The summed E-state index contributed by atoms with van der Waals surface area (Å²) in [5.41, 5.74) is 2.44. The molecule has 0 unspecified atom stereocenters. The van der Waals surface area contributed by atoms with Crippen LogP contribution in [0.25, 0.3) is 0 Å². The van der Waals surface area contributed by atoms with Crippen molar-refractivity contribution in [2.45, 2.75) is 6.04 Å². The number of rotatable bonds is 5. The van der Waals surface area contributed by atoms with Gasteiger partial charge in [0.2, 0.25) is 0 Å². The summed E-state index contributed by atoms with van der Waals surface area (Å²) in [5, 5.41) is 0. The standard InChI is InChI=1S/C25H26F2N4O/c1-29(2)24-22(4-3-13-28-24)25(32)31-16-14-30(15-17-31)23(18-5-9-20(26)10-6-18)19-7-11-21(27)12-8-19/h3-13,23H,14-17H2,1-2H3. The van der Waals surface area contributed by atoms with Crippen LogP contribution in [-0.2, 0) is 0 Å². The first-order valence-electron chi connectivity index (χ1n) is 10.6. The van der Waals surface area contributed by atoms with Gasteiger partial charge in [-0.15, -0.1) is 0 Å². The molecule has 1 aliphatic rings. The number of amides is 1. The van der Waals surface area contributed by atoms with Gasteiger partial charge >= 0.3 is 0 Å². The predicted molar refractivity (Wildman–Crippen MR) is 121 cm³/mol. The molecular weight excluding hydrogens is 410 g/mol. The Kier molecular flexibility index (Phi) is 6.46. The number of anilines is 1. The van der Waals surface area contributed by atoms with E-state index in [1.54, 1.807) is 42.6 Å². The Hall–Kier alpha value is -3.32. The van der Waals surface area contributed by atoms with E-state index in [-0.39, 0.29) is 23.6 Å². The van der Waals surface area contributed by atoms with E-state index in [0.29, 0.717) is 37.6 Å². The average Bonchev–Trinajstić information content (AvgIpc) is 2.81. The molecule has 166 valence electrons. The number of carbonyl (C=O) groups is 1. The Balaban J connectivity index is 1.54. The minimum absolute atomic E-state index is 0.0402. The van der Waals surface area contributed by atoms with Gasteiger partial charge in [-0.1, -0.05) is 24.3 Å². The van der Waals surface area contributed by atoms with E-state index in [4.69, 9.17) is 0 Å². The van der Waals surface area contributed by atoms with Crippen LogP contribution in [0.1, 0.15) is 27.5 Å². The van der Waals surface area contributed by atoms with Crippen LogP contribution in [0.4, 0.5) is 14.6 Å². The van der Waals surface area contributed by atoms with Gasteiger partial charge in [0.1, 0.15) is 17.5 Å². The molecule has 1 aliphatic heterocycles. The first kappa shape index (κ1) is 21.9. The number of piperazine rings is 1. The van der Waals surface area contributed by atoms with Crippen molar-refractivity contribution in [1.82, 2.24) is 14.8 Å². The van der Waals surface area contributed by atoms with E-state index in [2.05, 4.69) is 9.88 Å². The molecule has 4 rings (SSSR count). The van der Waals surface area contributed by atoms with Gasteiger partial charge in [0.05, 0.1) is 11.6 Å². The molecule has 0 aliphatic carbocycles. The molecule has 0 spiro atoms. The number of halogens is 2. The van der Waals surface area contributed by atoms with Gasteiger partial charge in [-0.05, 0) is 47.5 Å². The summed E-state index contributed by atoms with van der Waals surface area (Å²) in [4.78, 5) is 23.4. The largest absolute Gasteiger partial charge is 0.362 e. The lowest BCUT2D eigenvalue weighted by atomic mass is 9.96. The summed E-state index contributed by atoms with van der Waals surface area (Å²) in [5.74, 6) is 0.0161. The van der Waals surface area contributed by atoms with Gasteiger partial charge in [-0.25, -0.2) is 13.8 Å². The van der Waals surface area contributed by atoms with E-state index in [1.165, 1.54) is 24.3 Å². The molecule has 2 aromatic carbocycles. The third-order valence-electron chi connectivity index (χ3n) is 5.78. The molecule has 0 radical (unpaired) electrons. The monoisotopic (exact) mass is 436 g/mol. The SMILES string of the molecule is CN(C)c1ncccc1C(=O)N1CCN(C(c2ccc(F)cc2)c2ccc(F)cc2)CC1. The summed E-state index contributed by atoms with van der Waals surface area (Å²) >= 11 is 0. The molecule has 1 saturated heterocycles. The lowest BCUT2D eigenvalue weighted by Gasteiger charge is -2.40. The minimum Gasteiger partial charge on any atom is -0.362 e. The van der Waals surface area contributed by atoms with Crippen molar-refractivity contribution in [3.63, 3.8) is 0 Å². The summed E-state index contributed by atoms with van der Waals surface area (Å²) in [6.45, 7) is 2.39. The summed E-state index contributed by atoms with van der Waals surface area (Å²) in [6.07, 6.45) is 1.68. The Bertz CT molecular complexity index is 1020. The van der Waals surface area contributed by atoms with Gasteiger partial charge in [0, 0.05) is 46.5 Å². The third-order valence-corrected chi connectivity index (χ3v) is 5.78. The van der Waals surface area contributed by atoms with Crippen molar-refractivity contribution >= 4 is 11.7 Å². The van der Waals surface area contributed by atoms with Crippen molar-refractivity contribution < 1.29 is 13.6 Å². The highest BCUT2D eigenvalue weighted by Crippen LogP contribution is 2.30. The Morgan fingerprint density at radius 2 is 1.41 bits per heavy atom. The van der Waals surface area contributed by atoms with Gasteiger partial charge < -0.3 is 9.80 Å². The highest BCUT2D eigenvalue weighted by Gasteiger charge is 2.29. The molecule has 7 heteroatoms. The number of aromatic nitrogens is 1. The first-order valence-corrected chi connectivity index (χ1v) is 10.6. The van der Waals surface area contributed by atoms with Crippen molar-refractivity contribution in [2.24, 2.45) is 0 Å². The maximum atomic E-state index is 13.5. The van der Waals surface area contributed by atoms with Crippen LogP contribution in [-0.4, -0.2) is 61.0 Å². The van der Waals surface area contributed by atoms with E-state index in [1.807, 2.05) is 23.9 Å². The zero-order valence-corrected chi connectivity index (χ0v) is 18.2. The molecule has 2 heterocycles. The van der Waals surface area contributed by atoms with Gasteiger partial charge in [0.15, 0.2) is 0 Å².